The van der Waals surface area contributed by atoms with E-state index in [0.29, 0.717) is 5.82 Å². The van der Waals surface area contributed by atoms with Gasteiger partial charge in [-0.05, 0) is 23.1 Å². The fourth-order valence-corrected chi connectivity index (χ4v) is 2.13. The Hall–Kier alpha value is -2.56. The Balaban J connectivity index is 2.45. The summed E-state index contributed by atoms with van der Waals surface area (Å²) < 4.78 is 0. The molecule has 0 amide bonds. The van der Waals surface area contributed by atoms with Gasteiger partial charge in [0.15, 0.2) is 5.82 Å². The summed E-state index contributed by atoms with van der Waals surface area (Å²) in [6.07, 6.45) is 1.43. The summed E-state index contributed by atoms with van der Waals surface area (Å²) in [5.41, 5.74) is 7.98. The van der Waals surface area contributed by atoms with Crippen LogP contribution < -0.4 is 11.1 Å². The average molecular weight is 285 g/mol. The molecule has 0 atom stereocenters. The topological polar surface area (TPSA) is 88.2 Å². The molecule has 21 heavy (non-hydrogen) atoms. The molecular formula is C16H19N3O2. The molecular weight excluding hydrogens is 266 g/mol. The number of benzene rings is 1. The fraction of sp³-hybridized carbons (Fsp3) is 0.250. The molecule has 2 rings (SSSR count). The van der Waals surface area contributed by atoms with E-state index < -0.39 is 5.97 Å². The number of carbonyl (C=O) groups is 1. The molecule has 0 unspecified atom stereocenters. The second-order valence-electron chi connectivity index (χ2n) is 5.85. The summed E-state index contributed by atoms with van der Waals surface area (Å²) in [4.78, 5) is 15.3. The number of nitrogens with one attached hydrogen (secondary N) is 1. The maximum atomic E-state index is 11.1. The number of carboxylic acids is 1. The van der Waals surface area contributed by atoms with Crippen molar-refractivity contribution in [3.8, 4) is 0 Å². The number of hydrogen-bond donors (Lipinski definition) is 3. The molecule has 0 fully saturated rings. The zero-order valence-electron chi connectivity index (χ0n) is 12.3. The maximum Gasteiger partial charge on any atom is 0.337 e. The number of aromatic nitrogens is 1. The minimum atomic E-state index is -1.07. The molecule has 0 aliphatic heterocycles. The molecule has 0 aliphatic carbocycles. The Morgan fingerprint density at radius 2 is 1.90 bits per heavy atom. The third-order valence-corrected chi connectivity index (χ3v) is 3.21. The molecule has 0 radical (unpaired) electrons. The predicted molar refractivity (Wildman–Crippen MR) is 84.0 cm³/mol. The molecule has 2 aromatic rings. The molecule has 1 heterocycles. The van der Waals surface area contributed by atoms with Crippen molar-refractivity contribution in [2.45, 2.75) is 26.2 Å². The SMILES string of the molecule is CC(C)(C)c1ccccc1Nc1nccc(C(=O)O)c1N. The molecule has 1 aromatic carbocycles. The van der Waals surface area contributed by atoms with Gasteiger partial charge >= 0.3 is 5.97 Å². The highest BCUT2D eigenvalue weighted by atomic mass is 16.4. The average Bonchev–Trinajstić information content (AvgIpc) is 2.40. The lowest BCUT2D eigenvalue weighted by atomic mass is 9.86. The molecule has 5 heteroatoms. The Morgan fingerprint density at radius 3 is 2.52 bits per heavy atom. The number of rotatable bonds is 3. The number of anilines is 3. The van der Waals surface area contributed by atoms with Crippen LogP contribution in [0.15, 0.2) is 36.5 Å². The van der Waals surface area contributed by atoms with Crippen molar-refractivity contribution in [3.05, 3.63) is 47.7 Å². The third-order valence-electron chi connectivity index (χ3n) is 3.21. The van der Waals surface area contributed by atoms with Crippen LogP contribution >= 0.6 is 0 Å². The quantitative estimate of drug-likeness (QED) is 0.804. The van der Waals surface area contributed by atoms with E-state index in [9.17, 15) is 4.79 Å². The number of pyridine rings is 1. The maximum absolute atomic E-state index is 11.1. The minimum Gasteiger partial charge on any atom is -0.478 e. The summed E-state index contributed by atoms with van der Waals surface area (Å²) in [6.45, 7) is 6.33. The van der Waals surface area contributed by atoms with Crippen LogP contribution in [0.2, 0.25) is 0 Å². The van der Waals surface area contributed by atoms with E-state index >= 15 is 0 Å². The summed E-state index contributed by atoms with van der Waals surface area (Å²) >= 11 is 0. The van der Waals surface area contributed by atoms with E-state index in [2.05, 4.69) is 31.1 Å². The van der Waals surface area contributed by atoms with E-state index in [0.717, 1.165) is 11.3 Å². The molecule has 4 N–H and O–H groups in total. The number of nitrogens with two attached hydrogens (primary N) is 1. The predicted octanol–water partition coefficient (Wildman–Crippen LogP) is 3.40. The third kappa shape index (κ3) is 3.13. The van der Waals surface area contributed by atoms with Crippen LogP contribution in [0.25, 0.3) is 0 Å². The van der Waals surface area contributed by atoms with E-state index in [1.54, 1.807) is 0 Å². The van der Waals surface area contributed by atoms with Gasteiger partial charge in [0.05, 0.1) is 11.3 Å². The zero-order valence-corrected chi connectivity index (χ0v) is 12.3. The number of hydrogen-bond acceptors (Lipinski definition) is 4. The molecule has 0 aliphatic rings. The first-order valence-electron chi connectivity index (χ1n) is 6.65. The van der Waals surface area contributed by atoms with Crippen molar-refractivity contribution in [1.82, 2.24) is 4.98 Å². The molecule has 1 aromatic heterocycles. The zero-order chi connectivity index (χ0) is 15.6. The largest absolute Gasteiger partial charge is 0.478 e. The highest BCUT2D eigenvalue weighted by Crippen LogP contribution is 2.32. The van der Waals surface area contributed by atoms with Crippen LogP contribution in [0.4, 0.5) is 17.2 Å². The molecule has 110 valence electrons. The number of para-hydroxylation sites is 1. The van der Waals surface area contributed by atoms with Crippen molar-refractivity contribution in [2.75, 3.05) is 11.1 Å². The van der Waals surface area contributed by atoms with Crippen LogP contribution in [-0.2, 0) is 5.41 Å². The number of aromatic carboxylic acids is 1. The summed E-state index contributed by atoms with van der Waals surface area (Å²) in [7, 11) is 0. The van der Waals surface area contributed by atoms with Crippen molar-refractivity contribution in [1.29, 1.82) is 0 Å². The van der Waals surface area contributed by atoms with Gasteiger partial charge in [0.25, 0.3) is 0 Å². The number of carboxylic acid groups (broad SMARTS) is 1. The summed E-state index contributed by atoms with van der Waals surface area (Å²) in [6, 6.07) is 9.22. The van der Waals surface area contributed by atoms with E-state index in [1.165, 1.54) is 12.3 Å². The van der Waals surface area contributed by atoms with Gasteiger partial charge in [0, 0.05) is 11.9 Å². The van der Waals surface area contributed by atoms with Crippen LogP contribution in [0.3, 0.4) is 0 Å². The first kappa shape index (κ1) is 14.8. The normalized spacial score (nSPS) is 11.2. The van der Waals surface area contributed by atoms with Gasteiger partial charge in [-0.3, -0.25) is 0 Å². The first-order valence-corrected chi connectivity index (χ1v) is 6.65. The fourth-order valence-electron chi connectivity index (χ4n) is 2.13. The van der Waals surface area contributed by atoms with E-state index in [1.807, 2.05) is 24.3 Å². The standard InChI is InChI=1S/C16H19N3O2/c1-16(2,3)11-6-4-5-7-12(11)19-14-13(17)10(15(20)21)8-9-18-14/h4-9H,17H2,1-3H3,(H,18,19)(H,20,21). The Labute approximate surface area is 123 Å². The van der Waals surface area contributed by atoms with Crippen LogP contribution in [0.1, 0.15) is 36.7 Å². The Morgan fingerprint density at radius 1 is 1.24 bits per heavy atom. The van der Waals surface area contributed by atoms with Gasteiger partial charge < -0.3 is 16.2 Å². The number of nitrogen functional groups attached to an aromatic ring is 1. The van der Waals surface area contributed by atoms with E-state index in [-0.39, 0.29) is 16.7 Å². The van der Waals surface area contributed by atoms with Crippen molar-refractivity contribution in [3.63, 3.8) is 0 Å². The minimum absolute atomic E-state index is 0.0424. The van der Waals surface area contributed by atoms with Gasteiger partial charge in [-0.15, -0.1) is 0 Å². The summed E-state index contributed by atoms with van der Waals surface area (Å²) in [5, 5.41) is 12.2. The Kier molecular flexibility index (Phi) is 3.84. The van der Waals surface area contributed by atoms with E-state index in [4.69, 9.17) is 10.8 Å². The second-order valence-corrected chi connectivity index (χ2v) is 5.85. The van der Waals surface area contributed by atoms with Crippen LogP contribution in [0, 0.1) is 0 Å². The van der Waals surface area contributed by atoms with Crippen LogP contribution in [0.5, 0.6) is 0 Å². The monoisotopic (exact) mass is 285 g/mol. The molecule has 0 saturated heterocycles. The second kappa shape index (κ2) is 5.44. The van der Waals surface area contributed by atoms with Gasteiger partial charge in [0.2, 0.25) is 0 Å². The Bertz CT molecular complexity index is 675. The highest BCUT2D eigenvalue weighted by molar-refractivity contribution is 5.96. The first-order chi connectivity index (χ1) is 9.80. The lowest BCUT2D eigenvalue weighted by Crippen LogP contribution is -2.14. The van der Waals surface area contributed by atoms with Crippen molar-refractivity contribution >= 4 is 23.2 Å². The lowest BCUT2D eigenvalue weighted by molar-refractivity contribution is 0.0698. The van der Waals surface area contributed by atoms with Gasteiger partial charge in [-0.1, -0.05) is 39.0 Å². The highest BCUT2D eigenvalue weighted by Gasteiger charge is 2.19. The van der Waals surface area contributed by atoms with Crippen molar-refractivity contribution < 1.29 is 9.90 Å². The molecule has 0 spiro atoms. The lowest BCUT2D eigenvalue weighted by Gasteiger charge is -2.23. The van der Waals surface area contributed by atoms with Crippen molar-refractivity contribution in [2.24, 2.45) is 0 Å². The van der Waals surface area contributed by atoms with Gasteiger partial charge in [0.1, 0.15) is 0 Å². The number of nitrogens with zero attached hydrogens (tertiary/aromatic N) is 1. The van der Waals surface area contributed by atoms with Crippen LogP contribution in [-0.4, -0.2) is 16.1 Å². The molecule has 0 bridgehead atoms. The molecule has 5 nitrogen and oxygen atoms in total. The molecule has 0 saturated carbocycles. The van der Waals surface area contributed by atoms with Gasteiger partial charge in [-0.2, -0.15) is 0 Å². The van der Waals surface area contributed by atoms with Gasteiger partial charge in [-0.25, -0.2) is 9.78 Å². The smallest absolute Gasteiger partial charge is 0.337 e. The summed E-state index contributed by atoms with van der Waals surface area (Å²) in [5.74, 6) is -0.714.